The number of rotatable bonds is 8. The van der Waals surface area contributed by atoms with Gasteiger partial charge in [0.15, 0.2) is 17.5 Å². The number of para-hydroxylation sites is 1. The largest absolute Gasteiger partial charge is 0.455 e. The van der Waals surface area contributed by atoms with Crippen LogP contribution < -0.4 is 4.90 Å². The van der Waals surface area contributed by atoms with Gasteiger partial charge < -0.3 is 9.32 Å². The summed E-state index contributed by atoms with van der Waals surface area (Å²) in [6.45, 7) is 0. The van der Waals surface area contributed by atoms with Crippen molar-refractivity contribution in [3.63, 3.8) is 0 Å². The van der Waals surface area contributed by atoms with E-state index < -0.39 is 0 Å². The van der Waals surface area contributed by atoms with Gasteiger partial charge in [-0.1, -0.05) is 158 Å². The molecule has 60 heavy (non-hydrogen) atoms. The molecule has 0 saturated carbocycles. The summed E-state index contributed by atoms with van der Waals surface area (Å²) in [6.07, 6.45) is 0. The molecule has 0 saturated heterocycles. The number of aromatic nitrogens is 3. The summed E-state index contributed by atoms with van der Waals surface area (Å²) >= 11 is 0. The molecule has 0 spiro atoms. The Balaban J connectivity index is 1.10. The van der Waals surface area contributed by atoms with Crippen LogP contribution in [0.2, 0.25) is 0 Å². The van der Waals surface area contributed by atoms with E-state index in [9.17, 15) is 0 Å². The first-order valence-electron chi connectivity index (χ1n) is 20.1. The van der Waals surface area contributed by atoms with Crippen LogP contribution in [-0.4, -0.2) is 15.0 Å². The Bertz CT molecular complexity index is 3240. The van der Waals surface area contributed by atoms with E-state index in [0.29, 0.717) is 17.5 Å². The Morgan fingerprint density at radius 1 is 0.317 bits per heavy atom. The molecule has 0 unspecified atom stereocenters. The average molecular weight is 769 g/mol. The monoisotopic (exact) mass is 768 g/mol. The lowest BCUT2D eigenvalue weighted by atomic mass is 9.97. The van der Waals surface area contributed by atoms with Gasteiger partial charge in [0.2, 0.25) is 0 Å². The number of hydrogen-bond acceptors (Lipinski definition) is 5. The quantitative estimate of drug-likeness (QED) is 0.154. The molecule has 11 rings (SSSR count). The molecule has 2 heterocycles. The van der Waals surface area contributed by atoms with Crippen LogP contribution in [0.4, 0.5) is 17.1 Å². The third-order valence-electron chi connectivity index (χ3n) is 11.1. The van der Waals surface area contributed by atoms with Crippen molar-refractivity contribution in [1.82, 2.24) is 15.0 Å². The fourth-order valence-corrected chi connectivity index (χ4v) is 8.11. The van der Waals surface area contributed by atoms with Crippen LogP contribution in [0.3, 0.4) is 0 Å². The van der Waals surface area contributed by atoms with Crippen LogP contribution in [0.5, 0.6) is 0 Å². The second kappa shape index (κ2) is 15.0. The second-order valence-corrected chi connectivity index (χ2v) is 14.9. The second-order valence-electron chi connectivity index (χ2n) is 14.9. The fraction of sp³-hybridized carbons (Fsp3) is 0. The van der Waals surface area contributed by atoms with E-state index in [2.05, 4.69) is 163 Å². The van der Waals surface area contributed by atoms with Gasteiger partial charge in [-0.2, -0.15) is 0 Å². The minimum atomic E-state index is 0.589. The molecule has 0 atom stereocenters. The average Bonchev–Trinajstić information content (AvgIpc) is 3.69. The van der Waals surface area contributed by atoms with Crippen molar-refractivity contribution in [1.29, 1.82) is 0 Å². The molecule has 0 radical (unpaired) electrons. The molecule has 0 N–H and O–H groups in total. The number of hydrogen-bond donors (Lipinski definition) is 0. The van der Waals surface area contributed by atoms with E-state index in [1.807, 2.05) is 60.7 Å². The first kappa shape index (κ1) is 35.0. The summed E-state index contributed by atoms with van der Waals surface area (Å²) in [5, 5.41) is 4.32. The lowest BCUT2D eigenvalue weighted by molar-refractivity contribution is 0.670. The summed E-state index contributed by atoms with van der Waals surface area (Å²) in [4.78, 5) is 17.5. The minimum Gasteiger partial charge on any atom is -0.455 e. The highest BCUT2D eigenvalue weighted by molar-refractivity contribution is 6.14. The molecular formula is C55H36N4O. The standard InChI is InChI=1S/C55H36N4O/c1-5-16-37(17-6-1)41-24-15-27-47(32-41)59(45-25-11-4-12-26-45)46-30-28-38(29-31-46)48-34-44(35-50-49-33-42-22-13-14-23-43(42)36-51(49)60-52(48)50)55-57-53(39-18-7-2-8-19-39)56-54(58-55)40-20-9-3-10-21-40/h1-36H. The molecule has 11 aromatic rings. The van der Waals surface area contributed by atoms with Crippen molar-refractivity contribution in [2.45, 2.75) is 0 Å². The van der Waals surface area contributed by atoms with E-state index in [-0.39, 0.29) is 0 Å². The third kappa shape index (κ3) is 6.54. The lowest BCUT2D eigenvalue weighted by Crippen LogP contribution is -2.09. The highest BCUT2D eigenvalue weighted by Gasteiger charge is 2.20. The zero-order valence-corrected chi connectivity index (χ0v) is 32.5. The topological polar surface area (TPSA) is 55.1 Å². The molecule has 0 aliphatic rings. The van der Waals surface area contributed by atoms with Crippen LogP contribution in [0.15, 0.2) is 223 Å². The Morgan fingerprint density at radius 2 is 0.817 bits per heavy atom. The summed E-state index contributed by atoms with van der Waals surface area (Å²) in [5.74, 6) is 1.82. The lowest BCUT2D eigenvalue weighted by Gasteiger charge is -2.26. The number of fused-ring (bicyclic) bond motifs is 4. The summed E-state index contributed by atoms with van der Waals surface area (Å²) < 4.78 is 6.83. The van der Waals surface area contributed by atoms with Gasteiger partial charge >= 0.3 is 0 Å². The maximum Gasteiger partial charge on any atom is 0.164 e. The van der Waals surface area contributed by atoms with Crippen LogP contribution in [0.25, 0.3) is 89.1 Å². The summed E-state index contributed by atoms with van der Waals surface area (Å²) in [5.41, 5.74) is 11.8. The van der Waals surface area contributed by atoms with Crippen LogP contribution in [-0.2, 0) is 0 Å². The van der Waals surface area contributed by atoms with E-state index in [0.717, 1.165) is 83.2 Å². The predicted molar refractivity (Wildman–Crippen MR) is 246 cm³/mol. The van der Waals surface area contributed by atoms with Gasteiger partial charge in [-0.05, 0) is 88.1 Å². The van der Waals surface area contributed by atoms with Gasteiger partial charge in [0.25, 0.3) is 0 Å². The molecule has 9 aromatic carbocycles. The maximum atomic E-state index is 6.83. The van der Waals surface area contributed by atoms with E-state index in [1.54, 1.807) is 0 Å². The highest BCUT2D eigenvalue weighted by atomic mass is 16.3. The van der Waals surface area contributed by atoms with Gasteiger partial charge in [-0.15, -0.1) is 0 Å². The third-order valence-corrected chi connectivity index (χ3v) is 11.1. The normalized spacial score (nSPS) is 11.3. The molecular weight excluding hydrogens is 733 g/mol. The smallest absolute Gasteiger partial charge is 0.164 e. The minimum absolute atomic E-state index is 0.589. The molecule has 0 aliphatic heterocycles. The van der Waals surface area contributed by atoms with Crippen molar-refractivity contribution in [2.75, 3.05) is 4.90 Å². The molecule has 2 aromatic heterocycles. The molecule has 5 nitrogen and oxygen atoms in total. The van der Waals surface area contributed by atoms with Gasteiger partial charge in [-0.3, -0.25) is 0 Å². The van der Waals surface area contributed by atoms with Crippen molar-refractivity contribution in [3.05, 3.63) is 218 Å². The predicted octanol–water partition coefficient (Wildman–Crippen LogP) is 14.7. The van der Waals surface area contributed by atoms with Crippen molar-refractivity contribution >= 4 is 49.8 Å². The zero-order valence-electron chi connectivity index (χ0n) is 32.5. The molecule has 0 bridgehead atoms. The fourth-order valence-electron chi connectivity index (χ4n) is 8.11. The van der Waals surface area contributed by atoms with Crippen molar-refractivity contribution in [2.24, 2.45) is 0 Å². The Morgan fingerprint density at radius 3 is 1.45 bits per heavy atom. The molecule has 5 heteroatoms. The number of nitrogens with zero attached hydrogens (tertiary/aromatic N) is 4. The molecule has 282 valence electrons. The molecule has 0 amide bonds. The van der Waals surface area contributed by atoms with Crippen LogP contribution >= 0.6 is 0 Å². The Hall–Kier alpha value is -8.15. The SMILES string of the molecule is c1ccc(-c2cccc(N(c3ccccc3)c3ccc(-c4cc(-c5nc(-c6ccccc6)nc(-c6ccccc6)n5)cc5c4oc4cc6ccccc6cc45)cc3)c2)cc1. The van der Waals surface area contributed by atoms with Gasteiger partial charge in [0.05, 0.1) is 0 Å². The number of benzene rings is 9. The Labute approximate surface area is 347 Å². The van der Waals surface area contributed by atoms with Crippen molar-refractivity contribution in [3.8, 4) is 56.4 Å². The van der Waals surface area contributed by atoms with Crippen LogP contribution in [0, 0.1) is 0 Å². The summed E-state index contributed by atoms with van der Waals surface area (Å²) in [6, 6.07) is 75.8. The molecule has 0 fully saturated rings. The first-order chi connectivity index (χ1) is 29.7. The van der Waals surface area contributed by atoms with Gasteiger partial charge in [0.1, 0.15) is 11.2 Å². The number of anilines is 3. The first-order valence-corrected chi connectivity index (χ1v) is 20.1. The zero-order chi connectivity index (χ0) is 39.8. The van der Waals surface area contributed by atoms with Gasteiger partial charge in [0, 0.05) is 50.1 Å². The Kier molecular flexibility index (Phi) is 8.75. The van der Waals surface area contributed by atoms with Gasteiger partial charge in [-0.25, -0.2) is 15.0 Å². The van der Waals surface area contributed by atoms with Crippen LogP contribution in [0.1, 0.15) is 0 Å². The number of furan rings is 1. The van der Waals surface area contributed by atoms with E-state index in [1.165, 1.54) is 5.56 Å². The van der Waals surface area contributed by atoms with Crippen molar-refractivity contribution < 1.29 is 4.42 Å². The van der Waals surface area contributed by atoms with E-state index in [4.69, 9.17) is 19.4 Å². The molecule has 0 aliphatic carbocycles. The highest BCUT2D eigenvalue weighted by Crippen LogP contribution is 2.42. The van der Waals surface area contributed by atoms with E-state index >= 15 is 0 Å². The summed E-state index contributed by atoms with van der Waals surface area (Å²) in [7, 11) is 0. The maximum absolute atomic E-state index is 6.83.